The van der Waals surface area contributed by atoms with Gasteiger partial charge < -0.3 is 10.6 Å². The van der Waals surface area contributed by atoms with Gasteiger partial charge in [0.15, 0.2) is 0 Å². The number of amides is 1. The zero-order valence-electron chi connectivity index (χ0n) is 9.49. The van der Waals surface area contributed by atoms with Gasteiger partial charge in [-0.2, -0.15) is 0 Å². The van der Waals surface area contributed by atoms with Crippen LogP contribution in [0.3, 0.4) is 0 Å². The Kier molecular flexibility index (Phi) is 6.21. The molecule has 82 valence electrons. The van der Waals surface area contributed by atoms with Crippen LogP contribution >= 0.6 is 0 Å². The molecule has 0 bridgehead atoms. The van der Waals surface area contributed by atoms with Crippen LogP contribution in [0.2, 0.25) is 0 Å². The van der Waals surface area contributed by atoms with E-state index < -0.39 is 0 Å². The predicted octanol–water partition coefficient (Wildman–Crippen LogP) is 1.39. The molecule has 0 unspecified atom stereocenters. The summed E-state index contributed by atoms with van der Waals surface area (Å²) in [4.78, 5) is 13.5. The molecule has 0 radical (unpaired) electrons. The molecule has 2 N–H and O–H groups in total. The fourth-order valence-corrected chi connectivity index (χ4v) is 1.37. The van der Waals surface area contributed by atoms with Gasteiger partial charge >= 0.3 is 0 Å². The molecule has 0 aliphatic carbocycles. The van der Waals surface area contributed by atoms with E-state index in [0.29, 0.717) is 19.0 Å². The number of nitrogens with two attached hydrogens (primary N) is 1. The fourth-order valence-electron chi connectivity index (χ4n) is 1.37. The molecule has 0 fully saturated rings. The molecule has 0 rings (SSSR count). The normalized spacial score (nSPS) is 12.6. The maximum absolute atomic E-state index is 11.8. The molecule has 0 spiro atoms. The van der Waals surface area contributed by atoms with Gasteiger partial charge in [0.2, 0.25) is 5.91 Å². The highest BCUT2D eigenvalue weighted by molar-refractivity contribution is 5.81. The van der Waals surface area contributed by atoms with Crippen LogP contribution in [0.5, 0.6) is 0 Å². The van der Waals surface area contributed by atoms with Crippen molar-refractivity contribution in [2.45, 2.75) is 33.2 Å². The minimum atomic E-state index is -0.366. The first-order valence-corrected chi connectivity index (χ1v) is 5.18. The van der Waals surface area contributed by atoms with E-state index in [4.69, 9.17) is 5.73 Å². The molecule has 0 saturated carbocycles. The lowest BCUT2D eigenvalue weighted by Crippen LogP contribution is -2.44. The average Bonchev–Trinajstić information content (AvgIpc) is 2.12. The van der Waals surface area contributed by atoms with Crippen molar-refractivity contribution in [1.29, 1.82) is 0 Å². The van der Waals surface area contributed by atoms with Crippen molar-refractivity contribution >= 4 is 5.91 Å². The van der Waals surface area contributed by atoms with Crippen molar-refractivity contribution in [3.8, 4) is 0 Å². The summed E-state index contributed by atoms with van der Waals surface area (Å²) < 4.78 is 0. The summed E-state index contributed by atoms with van der Waals surface area (Å²) in [6.07, 6.45) is 2.47. The topological polar surface area (TPSA) is 46.3 Å². The molecule has 0 heterocycles. The summed E-state index contributed by atoms with van der Waals surface area (Å²) in [5, 5.41) is 0. The number of carbonyl (C=O) groups is 1. The molecule has 0 aromatic carbocycles. The third-order valence-corrected chi connectivity index (χ3v) is 2.09. The van der Waals surface area contributed by atoms with Crippen LogP contribution in [-0.2, 0) is 4.79 Å². The Morgan fingerprint density at radius 1 is 1.57 bits per heavy atom. The monoisotopic (exact) mass is 198 g/mol. The number of hydrogen-bond acceptors (Lipinski definition) is 2. The van der Waals surface area contributed by atoms with E-state index in [2.05, 4.69) is 20.4 Å². The zero-order valence-corrected chi connectivity index (χ0v) is 9.49. The molecule has 0 saturated heterocycles. The smallest absolute Gasteiger partial charge is 0.239 e. The molecule has 1 atom stereocenters. The Hall–Kier alpha value is -0.830. The van der Waals surface area contributed by atoms with Gasteiger partial charge in [-0.1, -0.05) is 19.9 Å². The molecule has 0 aliphatic rings. The largest absolute Gasteiger partial charge is 0.338 e. The molecule has 0 aromatic rings. The minimum Gasteiger partial charge on any atom is -0.338 e. The van der Waals surface area contributed by atoms with Crippen LogP contribution in [0.25, 0.3) is 0 Å². The minimum absolute atomic E-state index is 0.0288. The predicted molar refractivity (Wildman–Crippen MR) is 59.9 cm³/mol. The Balaban J connectivity index is 4.19. The van der Waals surface area contributed by atoms with Crippen LogP contribution < -0.4 is 5.73 Å². The highest BCUT2D eigenvalue weighted by Gasteiger charge is 2.19. The first kappa shape index (κ1) is 13.2. The van der Waals surface area contributed by atoms with Crippen LogP contribution in [0.4, 0.5) is 0 Å². The molecular formula is C11H22N2O. The van der Waals surface area contributed by atoms with Gasteiger partial charge in [0.1, 0.15) is 0 Å². The van der Waals surface area contributed by atoms with Crippen LogP contribution in [-0.4, -0.2) is 29.9 Å². The van der Waals surface area contributed by atoms with Crippen molar-refractivity contribution in [3.63, 3.8) is 0 Å². The van der Waals surface area contributed by atoms with Crippen LogP contribution in [0.15, 0.2) is 12.7 Å². The Labute approximate surface area is 87.0 Å². The molecule has 3 heteroatoms. The summed E-state index contributed by atoms with van der Waals surface area (Å²) in [5.41, 5.74) is 5.80. The average molecular weight is 198 g/mol. The first-order chi connectivity index (χ1) is 6.52. The van der Waals surface area contributed by atoms with Crippen molar-refractivity contribution in [1.82, 2.24) is 4.90 Å². The molecule has 0 aliphatic heterocycles. The van der Waals surface area contributed by atoms with Gasteiger partial charge in [-0.25, -0.2) is 0 Å². The van der Waals surface area contributed by atoms with Crippen molar-refractivity contribution in [3.05, 3.63) is 12.7 Å². The Morgan fingerprint density at radius 2 is 2.14 bits per heavy atom. The van der Waals surface area contributed by atoms with E-state index >= 15 is 0 Å². The third kappa shape index (κ3) is 4.42. The maximum Gasteiger partial charge on any atom is 0.239 e. The third-order valence-electron chi connectivity index (χ3n) is 2.09. The Morgan fingerprint density at radius 3 is 2.50 bits per heavy atom. The Bertz CT molecular complexity index is 190. The first-order valence-electron chi connectivity index (χ1n) is 5.18. The lowest BCUT2D eigenvalue weighted by Gasteiger charge is -2.23. The highest BCUT2D eigenvalue weighted by Crippen LogP contribution is 2.05. The van der Waals surface area contributed by atoms with Gasteiger partial charge in [0.25, 0.3) is 0 Å². The molecule has 3 nitrogen and oxygen atoms in total. The van der Waals surface area contributed by atoms with E-state index in [1.54, 1.807) is 11.0 Å². The van der Waals surface area contributed by atoms with Gasteiger partial charge in [-0.05, 0) is 19.3 Å². The number of likely N-dealkylation sites (N-methyl/N-ethyl adjacent to an activating group) is 1. The number of hydrogen-bond donors (Lipinski definition) is 1. The summed E-state index contributed by atoms with van der Waals surface area (Å²) in [6, 6.07) is -0.366. The fraction of sp³-hybridized carbons (Fsp3) is 0.727. The van der Waals surface area contributed by atoms with E-state index in [1.807, 2.05) is 6.92 Å². The quantitative estimate of drug-likeness (QED) is 0.656. The van der Waals surface area contributed by atoms with Crippen molar-refractivity contribution in [2.75, 3.05) is 13.1 Å². The number of carbonyl (C=O) groups excluding carboxylic acids is 1. The second-order valence-corrected chi connectivity index (χ2v) is 3.90. The molecule has 0 aromatic heterocycles. The van der Waals surface area contributed by atoms with Gasteiger partial charge in [0, 0.05) is 13.1 Å². The van der Waals surface area contributed by atoms with Crippen LogP contribution in [0, 0.1) is 5.92 Å². The van der Waals surface area contributed by atoms with Gasteiger partial charge in [-0.3, -0.25) is 4.79 Å². The number of nitrogens with zero attached hydrogens (tertiary/aromatic N) is 1. The standard InChI is InChI=1S/C11H22N2O/c1-5-7-13(6-2)11(14)10(12)8-9(3)4/h5,9-10H,1,6-8,12H2,2-4H3/t10-/m1/s1. The summed E-state index contributed by atoms with van der Waals surface area (Å²) >= 11 is 0. The van der Waals surface area contributed by atoms with E-state index in [0.717, 1.165) is 6.42 Å². The van der Waals surface area contributed by atoms with Gasteiger partial charge in [-0.15, -0.1) is 6.58 Å². The van der Waals surface area contributed by atoms with E-state index in [1.165, 1.54) is 0 Å². The lowest BCUT2D eigenvalue weighted by molar-refractivity contribution is -0.132. The molecule has 14 heavy (non-hydrogen) atoms. The van der Waals surface area contributed by atoms with Crippen molar-refractivity contribution < 1.29 is 4.79 Å². The van der Waals surface area contributed by atoms with Crippen LogP contribution in [0.1, 0.15) is 27.2 Å². The van der Waals surface area contributed by atoms with E-state index in [-0.39, 0.29) is 11.9 Å². The SMILES string of the molecule is C=CCN(CC)C(=O)[C@H](N)CC(C)C. The van der Waals surface area contributed by atoms with E-state index in [9.17, 15) is 4.79 Å². The summed E-state index contributed by atoms with van der Waals surface area (Å²) in [7, 11) is 0. The van der Waals surface area contributed by atoms with Gasteiger partial charge in [0.05, 0.1) is 6.04 Å². The molecule has 1 amide bonds. The summed E-state index contributed by atoms with van der Waals surface area (Å²) in [5.74, 6) is 0.484. The van der Waals surface area contributed by atoms with Crippen molar-refractivity contribution in [2.24, 2.45) is 11.7 Å². The maximum atomic E-state index is 11.8. The lowest BCUT2D eigenvalue weighted by atomic mass is 10.0. The summed E-state index contributed by atoms with van der Waals surface area (Å²) in [6.45, 7) is 11.0. The highest BCUT2D eigenvalue weighted by atomic mass is 16.2. The second kappa shape index (κ2) is 6.60. The number of rotatable bonds is 6. The zero-order chi connectivity index (χ0) is 11.1. The molecular weight excluding hydrogens is 176 g/mol. The second-order valence-electron chi connectivity index (χ2n) is 3.90.